The summed E-state index contributed by atoms with van der Waals surface area (Å²) in [6, 6.07) is 6.21. The zero-order valence-electron chi connectivity index (χ0n) is 13.9. The van der Waals surface area contributed by atoms with Gasteiger partial charge < -0.3 is 9.84 Å². The maximum atomic E-state index is 10.8. The lowest BCUT2D eigenvalue weighted by molar-refractivity contribution is -0.385. The number of likely N-dealkylation sites (tertiary alicyclic amines) is 1. The summed E-state index contributed by atoms with van der Waals surface area (Å²) >= 11 is 0. The molecule has 1 N–H and O–H groups in total. The molecule has 1 aliphatic heterocycles. The molecule has 128 valence electrons. The third-order valence-corrected chi connectivity index (χ3v) is 4.17. The minimum Gasteiger partial charge on any atom is -0.387 e. The van der Waals surface area contributed by atoms with Gasteiger partial charge in [-0.1, -0.05) is 26.0 Å². The van der Waals surface area contributed by atoms with Gasteiger partial charge in [0, 0.05) is 38.4 Å². The molecule has 2 unspecified atom stereocenters. The summed E-state index contributed by atoms with van der Waals surface area (Å²) in [7, 11) is 0. The molecule has 0 aliphatic carbocycles. The van der Waals surface area contributed by atoms with Crippen LogP contribution in [0.15, 0.2) is 24.3 Å². The number of aliphatic hydroxyl groups excluding tert-OH is 1. The van der Waals surface area contributed by atoms with E-state index in [9.17, 15) is 15.2 Å². The SMILES string of the molecule is CC(C)CCOC1CCN(CC(O)c2cccc([N+](=O)[O-])c2)C1. The number of aliphatic hydroxyl groups is 1. The zero-order chi connectivity index (χ0) is 16.8. The summed E-state index contributed by atoms with van der Waals surface area (Å²) < 4.78 is 5.87. The molecular formula is C17H26N2O4. The highest BCUT2D eigenvalue weighted by molar-refractivity contribution is 5.35. The van der Waals surface area contributed by atoms with Crippen LogP contribution in [0.4, 0.5) is 5.69 Å². The Balaban J connectivity index is 1.81. The quantitative estimate of drug-likeness (QED) is 0.588. The van der Waals surface area contributed by atoms with E-state index in [1.807, 2.05) is 0 Å². The number of nitrogens with zero attached hydrogens (tertiary/aromatic N) is 2. The smallest absolute Gasteiger partial charge is 0.269 e. The summed E-state index contributed by atoms with van der Waals surface area (Å²) in [4.78, 5) is 12.5. The van der Waals surface area contributed by atoms with Crippen molar-refractivity contribution in [2.24, 2.45) is 5.92 Å². The first-order valence-electron chi connectivity index (χ1n) is 8.22. The number of rotatable bonds is 8. The van der Waals surface area contributed by atoms with Crippen LogP contribution in [0.25, 0.3) is 0 Å². The average molecular weight is 322 g/mol. The molecule has 0 saturated carbocycles. The summed E-state index contributed by atoms with van der Waals surface area (Å²) in [5.74, 6) is 0.642. The Morgan fingerprint density at radius 1 is 1.48 bits per heavy atom. The Hall–Kier alpha value is -1.50. The molecule has 2 atom stereocenters. The Morgan fingerprint density at radius 2 is 2.26 bits per heavy atom. The number of non-ortho nitro benzene ring substituents is 1. The molecule has 0 spiro atoms. The molecule has 0 amide bonds. The molecule has 0 aromatic heterocycles. The molecule has 1 saturated heterocycles. The summed E-state index contributed by atoms with van der Waals surface area (Å²) in [6.07, 6.45) is 1.54. The van der Waals surface area contributed by atoms with E-state index >= 15 is 0 Å². The van der Waals surface area contributed by atoms with Gasteiger partial charge in [-0.25, -0.2) is 0 Å². The van der Waals surface area contributed by atoms with E-state index in [0.29, 0.717) is 18.0 Å². The summed E-state index contributed by atoms with van der Waals surface area (Å²) in [6.45, 7) is 7.32. The molecule has 0 bridgehead atoms. The predicted molar refractivity (Wildman–Crippen MR) is 88.3 cm³/mol. The number of nitro benzene ring substituents is 1. The number of nitro groups is 1. The monoisotopic (exact) mass is 322 g/mol. The second-order valence-corrected chi connectivity index (χ2v) is 6.59. The molecule has 1 aromatic rings. The second-order valence-electron chi connectivity index (χ2n) is 6.59. The van der Waals surface area contributed by atoms with Crippen molar-refractivity contribution >= 4 is 5.69 Å². The van der Waals surface area contributed by atoms with Crippen LogP contribution in [0.3, 0.4) is 0 Å². The minimum atomic E-state index is -0.718. The molecule has 1 fully saturated rings. The first-order valence-corrected chi connectivity index (χ1v) is 8.22. The van der Waals surface area contributed by atoms with Crippen LogP contribution in [0.1, 0.15) is 38.4 Å². The Bertz CT molecular complexity index is 521. The van der Waals surface area contributed by atoms with Crippen molar-refractivity contribution in [1.82, 2.24) is 4.90 Å². The number of β-amino-alcohol motifs (C(OH)–C–C–N with tert-alkyl or cyclic N) is 1. The summed E-state index contributed by atoms with van der Waals surface area (Å²) in [5.41, 5.74) is 0.598. The van der Waals surface area contributed by atoms with Crippen LogP contribution in [0.2, 0.25) is 0 Å². The number of benzene rings is 1. The molecule has 1 aliphatic rings. The van der Waals surface area contributed by atoms with Crippen molar-refractivity contribution in [3.8, 4) is 0 Å². The van der Waals surface area contributed by atoms with Gasteiger partial charge in [0.2, 0.25) is 0 Å². The minimum absolute atomic E-state index is 0.0119. The zero-order valence-corrected chi connectivity index (χ0v) is 13.9. The second kappa shape index (κ2) is 8.38. The van der Waals surface area contributed by atoms with Gasteiger partial charge in [-0.05, 0) is 24.3 Å². The van der Waals surface area contributed by atoms with E-state index in [-0.39, 0.29) is 11.8 Å². The largest absolute Gasteiger partial charge is 0.387 e. The van der Waals surface area contributed by atoms with Crippen molar-refractivity contribution < 1.29 is 14.8 Å². The average Bonchev–Trinajstić information content (AvgIpc) is 2.94. The van der Waals surface area contributed by atoms with Crippen molar-refractivity contribution in [2.45, 2.75) is 38.9 Å². The Morgan fingerprint density at radius 3 is 2.96 bits per heavy atom. The van der Waals surface area contributed by atoms with Crippen molar-refractivity contribution in [3.63, 3.8) is 0 Å². The van der Waals surface area contributed by atoms with Crippen LogP contribution in [-0.4, -0.2) is 47.3 Å². The van der Waals surface area contributed by atoms with Crippen molar-refractivity contribution in [2.75, 3.05) is 26.2 Å². The van der Waals surface area contributed by atoms with E-state index in [1.165, 1.54) is 12.1 Å². The third kappa shape index (κ3) is 5.57. The van der Waals surface area contributed by atoms with Crippen LogP contribution >= 0.6 is 0 Å². The van der Waals surface area contributed by atoms with Gasteiger partial charge in [0.1, 0.15) is 0 Å². The molecule has 23 heavy (non-hydrogen) atoms. The Labute approximate surface area is 137 Å². The molecule has 0 radical (unpaired) electrons. The molecule has 1 aromatic carbocycles. The van der Waals surface area contributed by atoms with Crippen LogP contribution in [0.5, 0.6) is 0 Å². The normalized spacial score (nSPS) is 20.1. The molecule has 1 heterocycles. The van der Waals surface area contributed by atoms with Gasteiger partial charge in [-0.15, -0.1) is 0 Å². The van der Waals surface area contributed by atoms with Gasteiger partial charge in [-0.3, -0.25) is 15.0 Å². The van der Waals surface area contributed by atoms with Crippen molar-refractivity contribution in [3.05, 3.63) is 39.9 Å². The van der Waals surface area contributed by atoms with Crippen LogP contribution < -0.4 is 0 Å². The highest BCUT2D eigenvalue weighted by Gasteiger charge is 2.25. The molecule has 6 heteroatoms. The van der Waals surface area contributed by atoms with Gasteiger partial charge in [0.25, 0.3) is 5.69 Å². The fourth-order valence-corrected chi connectivity index (χ4v) is 2.77. The van der Waals surface area contributed by atoms with E-state index in [0.717, 1.165) is 32.5 Å². The standard InChI is InChI=1S/C17H26N2O4/c1-13(2)7-9-23-16-6-8-18(11-16)12-17(20)14-4-3-5-15(10-14)19(21)22/h3-5,10,13,16-17,20H,6-9,11-12H2,1-2H3. The first-order chi connectivity index (χ1) is 11.0. The Kier molecular flexibility index (Phi) is 6.50. The van der Waals surface area contributed by atoms with E-state index in [1.54, 1.807) is 12.1 Å². The van der Waals surface area contributed by atoms with Gasteiger partial charge >= 0.3 is 0 Å². The van der Waals surface area contributed by atoms with Gasteiger partial charge in [0.05, 0.1) is 17.1 Å². The number of ether oxygens (including phenoxy) is 1. The fourth-order valence-electron chi connectivity index (χ4n) is 2.77. The fraction of sp³-hybridized carbons (Fsp3) is 0.647. The van der Waals surface area contributed by atoms with Crippen LogP contribution in [0, 0.1) is 16.0 Å². The number of hydrogen-bond donors (Lipinski definition) is 1. The predicted octanol–water partition coefficient (Wildman–Crippen LogP) is 2.77. The lowest BCUT2D eigenvalue weighted by atomic mass is 10.1. The maximum Gasteiger partial charge on any atom is 0.269 e. The maximum absolute atomic E-state index is 10.8. The van der Waals surface area contributed by atoms with Crippen molar-refractivity contribution in [1.29, 1.82) is 0 Å². The van der Waals surface area contributed by atoms with Crippen LogP contribution in [-0.2, 0) is 4.74 Å². The highest BCUT2D eigenvalue weighted by atomic mass is 16.6. The van der Waals surface area contributed by atoms with Gasteiger partial charge in [0.15, 0.2) is 0 Å². The summed E-state index contributed by atoms with van der Waals surface area (Å²) in [5, 5.41) is 21.1. The topological polar surface area (TPSA) is 75.8 Å². The van der Waals surface area contributed by atoms with E-state index < -0.39 is 11.0 Å². The van der Waals surface area contributed by atoms with E-state index in [4.69, 9.17) is 4.74 Å². The van der Waals surface area contributed by atoms with Gasteiger partial charge in [-0.2, -0.15) is 0 Å². The highest BCUT2D eigenvalue weighted by Crippen LogP contribution is 2.22. The lowest BCUT2D eigenvalue weighted by Gasteiger charge is -2.20. The molecule has 6 nitrogen and oxygen atoms in total. The lowest BCUT2D eigenvalue weighted by Crippen LogP contribution is -2.28. The first kappa shape index (κ1) is 17.8. The molecular weight excluding hydrogens is 296 g/mol. The third-order valence-electron chi connectivity index (χ3n) is 4.17. The molecule has 2 rings (SSSR count). The van der Waals surface area contributed by atoms with E-state index in [2.05, 4.69) is 18.7 Å². The number of hydrogen-bond acceptors (Lipinski definition) is 5.